The molecule has 3 N–H and O–H groups in total. The molecule has 0 radical (unpaired) electrons. The number of amides is 1. The van der Waals surface area contributed by atoms with Gasteiger partial charge in [0.25, 0.3) is 0 Å². The third-order valence-electron chi connectivity index (χ3n) is 4.23. The molecule has 1 amide bonds. The quantitative estimate of drug-likeness (QED) is 0.333. The van der Waals surface area contributed by atoms with Crippen molar-refractivity contribution in [1.82, 2.24) is 4.90 Å². The van der Waals surface area contributed by atoms with E-state index in [4.69, 9.17) is 15.7 Å². The minimum absolute atomic E-state index is 0.00477. The Morgan fingerprint density at radius 2 is 2.17 bits per heavy atom. The second-order valence-electron chi connectivity index (χ2n) is 5.17. The Balaban J connectivity index is 2.15. The van der Waals surface area contributed by atoms with Crippen molar-refractivity contribution in [1.29, 1.82) is 0 Å². The second-order valence-corrected chi connectivity index (χ2v) is 5.17. The molecule has 2 fully saturated rings. The van der Waals surface area contributed by atoms with Crippen LogP contribution in [0.5, 0.6) is 0 Å². The Morgan fingerprint density at radius 3 is 2.67 bits per heavy atom. The van der Waals surface area contributed by atoms with Gasteiger partial charge in [0.15, 0.2) is 5.84 Å². The monoisotopic (exact) mass is 255 g/mol. The Labute approximate surface area is 107 Å². The van der Waals surface area contributed by atoms with Gasteiger partial charge < -0.3 is 20.6 Å². The average Bonchev–Trinajstić information content (AvgIpc) is 3.06. The van der Waals surface area contributed by atoms with Crippen LogP contribution in [0.1, 0.15) is 32.1 Å². The minimum atomic E-state index is -0.780. The molecule has 102 valence electrons. The molecular formula is C12H21N3O3. The first-order valence-corrected chi connectivity index (χ1v) is 6.44. The fraction of sp³-hybridized carbons (Fsp3) is 0.833. The maximum absolute atomic E-state index is 12.6. The lowest BCUT2D eigenvalue weighted by molar-refractivity contribution is -0.137. The first-order valence-electron chi connectivity index (χ1n) is 6.44. The lowest BCUT2D eigenvalue weighted by Gasteiger charge is -2.31. The molecule has 0 aromatic rings. The van der Waals surface area contributed by atoms with Crippen molar-refractivity contribution in [3.63, 3.8) is 0 Å². The highest BCUT2D eigenvalue weighted by Crippen LogP contribution is 2.40. The third kappa shape index (κ3) is 2.05. The van der Waals surface area contributed by atoms with Crippen LogP contribution in [0.15, 0.2) is 5.16 Å². The van der Waals surface area contributed by atoms with Crippen molar-refractivity contribution in [3.05, 3.63) is 0 Å². The van der Waals surface area contributed by atoms with Crippen molar-refractivity contribution in [3.8, 4) is 0 Å². The minimum Gasteiger partial charge on any atom is -0.409 e. The van der Waals surface area contributed by atoms with Crippen LogP contribution < -0.4 is 5.73 Å². The van der Waals surface area contributed by atoms with E-state index in [1.807, 2.05) is 0 Å². The number of nitrogens with two attached hydrogens (primary N) is 1. The average molecular weight is 255 g/mol. The molecule has 6 heteroatoms. The molecule has 2 aliphatic rings. The van der Waals surface area contributed by atoms with Gasteiger partial charge in [-0.05, 0) is 19.3 Å². The van der Waals surface area contributed by atoms with E-state index in [0.717, 1.165) is 19.3 Å². The van der Waals surface area contributed by atoms with Crippen LogP contribution in [0.25, 0.3) is 0 Å². The summed E-state index contributed by atoms with van der Waals surface area (Å²) in [7, 11) is 1.66. The van der Waals surface area contributed by atoms with E-state index in [2.05, 4.69) is 5.16 Å². The van der Waals surface area contributed by atoms with E-state index in [9.17, 15) is 4.79 Å². The van der Waals surface area contributed by atoms with E-state index in [0.29, 0.717) is 25.9 Å². The van der Waals surface area contributed by atoms with Gasteiger partial charge in [-0.3, -0.25) is 4.79 Å². The van der Waals surface area contributed by atoms with E-state index in [1.165, 1.54) is 0 Å². The Morgan fingerprint density at radius 1 is 1.50 bits per heavy atom. The fourth-order valence-corrected chi connectivity index (χ4v) is 3.06. The second kappa shape index (κ2) is 5.14. The van der Waals surface area contributed by atoms with Gasteiger partial charge in [-0.25, -0.2) is 0 Å². The van der Waals surface area contributed by atoms with Crippen LogP contribution >= 0.6 is 0 Å². The number of carbonyl (C=O) groups excluding carboxylic acids is 1. The maximum atomic E-state index is 12.6. The van der Waals surface area contributed by atoms with E-state index in [1.54, 1.807) is 12.0 Å². The summed E-state index contributed by atoms with van der Waals surface area (Å²) in [6, 6.07) is 0. The Hall–Kier alpha value is -1.30. The van der Waals surface area contributed by atoms with Crippen LogP contribution in [0, 0.1) is 5.41 Å². The summed E-state index contributed by atoms with van der Waals surface area (Å²) < 4.78 is 5.27. The zero-order valence-electron chi connectivity index (χ0n) is 10.8. The Kier molecular flexibility index (Phi) is 3.75. The highest BCUT2D eigenvalue weighted by molar-refractivity contribution is 6.07. The molecular weight excluding hydrogens is 234 g/mol. The van der Waals surface area contributed by atoms with Gasteiger partial charge in [-0.1, -0.05) is 18.0 Å². The topological polar surface area (TPSA) is 88.2 Å². The number of ether oxygens (including phenoxy) is 1. The molecule has 1 aliphatic carbocycles. The number of nitrogens with zero attached hydrogens (tertiary/aromatic N) is 2. The van der Waals surface area contributed by atoms with Gasteiger partial charge in [-0.15, -0.1) is 0 Å². The maximum Gasteiger partial charge on any atom is 0.236 e. The number of carbonyl (C=O) groups is 1. The lowest BCUT2D eigenvalue weighted by atomic mass is 9.83. The molecule has 1 unspecified atom stereocenters. The van der Waals surface area contributed by atoms with Crippen LogP contribution in [-0.4, -0.2) is 48.2 Å². The SMILES string of the molecule is COC1CCN(C(=O)C2(C(N)=NO)CCCC2)C1. The molecule has 0 bridgehead atoms. The first-order chi connectivity index (χ1) is 8.64. The van der Waals surface area contributed by atoms with E-state index >= 15 is 0 Å². The summed E-state index contributed by atoms with van der Waals surface area (Å²) in [5, 5.41) is 12.0. The molecule has 0 aromatic carbocycles. The van der Waals surface area contributed by atoms with Gasteiger partial charge >= 0.3 is 0 Å². The smallest absolute Gasteiger partial charge is 0.236 e. The van der Waals surface area contributed by atoms with E-state index in [-0.39, 0.29) is 17.8 Å². The van der Waals surface area contributed by atoms with Gasteiger partial charge in [0, 0.05) is 20.2 Å². The van der Waals surface area contributed by atoms with Crippen LogP contribution in [-0.2, 0) is 9.53 Å². The van der Waals surface area contributed by atoms with Gasteiger partial charge in [0.1, 0.15) is 5.41 Å². The van der Waals surface area contributed by atoms with E-state index < -0.39 is 5.41 Å². The number of hydrogen-bond acceptors (Lipinski definition) is 4. The summed E-state index contributed by atoms with van der Waals surface area (Å²) in [6.07, 6.45) is 4.22. The van der Waals surface area contributed by atoms with Gasteiger partial charge in [-0.2, -0.15) is 0 Å². The molecule has 2 rings (SSSR count). The van der Waals surface area contributed by atoms with Crippen molar-refractivity contribution in [2.24, 2.45) is 16.3 Å². The largest absolute Gasteiger partial charge is 0.409 e. The van der Waals surface area contributed by atoms with Crippen molar-refractivity contribution in [2.45, 2.75) is 38.2 Å². The molecule has 1 saturated carbocycles. The predicted molar refractivity (Wildman–Crippen MR) is 66.3 cm³/mol. The summed E-state index contributed by atoms with van der Waals surface area (Å²) in [5.74, 6) is 0.0562. The van der Waals surface area contributed by atoms with Crippen LogP contribution in [0.3, 0.4) is 0 Å². The normalized spacial score (nSPS) is 27.7. The number of amidine groups is 1. The predicted octanol–water partition coefficient (Wildman–Crippen LogP) is 0.540. The molecule has 1 heterocycles. The highest BCUT2D eigenvalue weighted by Gasteiger charge is 2.48. The molecule has 1 atom stereocenters. The van der Waals surface area contributed by atoms with Crippen molar-refractivity contribution >= 4 is 11.7 Å². The van der Waals surface area contributed by atoms with Gasteiger partial charge in [0.05, 0.1) is 6.10 Å². The number of oxime groups is 1. The third-order valence-corrected chi connectivity index (χ3v) is 4.23. The summed E-state index contributed by atoms with van der Waals surface area (Å²) in [5.41, 5.74) is 4.99. The summed E-state index contributed by atoms with van der Waals surface area (Å²) in [6.45, 7) is 1.30. The molecule has 6 nitrogen and oxygen atoms in total. The van der Waals surface area contributed by atoms with Crippen LogP contribution in [0.2, 0.25) is 0 Å². The lowest BCUT2D eigenvalue weighted by Crippen LogP contribution is -2.49. The fourth-order valence-electron chi connectivity index (χ4n) is 3.06. The molecule has 0 aromatic heterocycles. The van der Waals surface area contributed by atoms with Crippen molar-refractivity contribution in [2.75, 3.05) is 20.2 Å². The number of likely N-dealkylation sites (tertiary alicyclic amines) is 1. The number of hydrogen-bond donors (Lipinski definition) is 2. The van der Waals surface area contributed by atoms with Crippen molar-refractivity contribution < 1.29 is 14.7 Å². The Bertz CT molecular complexity index is 350. The van der Waals surface area contributed by atoms with Gasteiger partial charge in [0.2, 0.25) is 5.91 Å². The molecule has 1 saturated heterocycles. The standard InChI is InChI=1S/C12H21N3O3/c1-18-9-4-7-15(8-9)11(16)12(10(13)14-17)5-2-3-6-12/h9,17H,2-8H2,1H3,(H2,13,14). The molecule has 18 heavy (non-hydrogen) atoms. The zero-order chi connectivity index (χ0) is 13.2. The zero-order valence-corrected chi connectivity index (χ0v) is 10.8. The molecule has 1 aliphatic heterocycles. The summed E-state index contributed by atoms with van der Waals surface area (Å²) in [4.78, 5) is 14.4. The number of methoxy groups -OCH3 is 1. The molecule has 0 spiro atoms. The summed E-state index contributed by atoms with van der Waals surface area (Å²) >= 11 is 0. The van der Waals surface area contributed by atoms with Crippen LogP contribution in [0.4, 0.5) is 0 Å². The number of rotatable bonds is 3. The first kappa shape index (κ1) is 13.1. The highest BCUT2D eigenvalue weighted by atomic mass is 16.5.